The highest BCUT2D eigenvalue weighted by molar-refractivity contribution is 5.94. The van der Waals surface area contributed by atoms with Crippen molar-refractivity contribution in [3.8, 4) is 0 Å². The third kappa shape index (κ3) is 2.25. The van der Waals surface area contributed by atoms with E-state index in [1.165, 1.54) is 25.9 Å². The largest absolute Gasteiger partial charge is 0.369 e. The number of carbonyl (C=O) groups excluding carboxylic acids is 1. The van der Waals surface area contributed by atoms with Crippen LogP contribution in [0.2, 0.25) is 0 Å². The Kier molecular flexibility index (Phi) is 3.46. The van der Waals surface area contributed by atoms with E-state index in [-0.39, 0.29) is 18.1 Å². The fraction of sp³-hybridized carbons (Fsp3) is 0.750. The van der Waals surface area contributed by atoms with E-state index < -0.39 is 0 Å². The first-order chi connectivity index (χ1) is 10.6. The SMILES string of the molecule is C[C@@H]1Cc2c(C(=O)N3CC(N4CCCC4)C3)n[nH]c2[C@H](C)O1. The van der Waals surface area contributed by atoms with Crippen LogP contribution in [0.25, 0.3) is 0 Å². The minimum absolute atomic E-state index is 0.0125. The summed E-state index contributed by atoms with van der Waals surface area (Å²) in [7, 11) is 0. The number of carbonyl (C=O) groups is 1. The van der Waals surface area contributed by atoms with Crippen molar-refractivity contribution in [2.24, 2.45) is 0 Å². The molecule has 3 aliphatic rings. The summed E-state index contributed by atoms with van der Waals surface area (Å²) in [6.07, 6.45) is 3.49. The molecule has 2 saturated heterocycles. The number of nitrogens with one attached hydrogen (secondary N) is 1. The van der Waals surface area contributed by atoms with E-state index in [1.807, 2.05) is 18.7 Å². The Morgan fingerprint density at radius 2 is 2.00 bits per heavy atom. The van der Waals surface area contributed by atoms with Gasteiger partial charge in [0.25, 0.3) is 5.91 Å². The molecule has 4 rings (SSSR count). The molecule has 6 heteroatoms. The Morgan fingerprint density at radius 3 is 2.73 bits per heavy atom. The first-order valence-corrected chi connectivity index (χ1v) is 8.39. The van der Waals surface area contributed by atoms with Crippen LogP contribution in [0.1, 0.15) is 54.5 Å². The molecular formula is C16H24N4O2. The maximum Gasteiger partial charge on any atom is 0.274 e. The highest BCUT2D eigenvalue weighted by atomic mass is 16.5. The van der Waals surface area contributed by atoms with Crippen LogP contribution in [0.4, 0.5) is 0 Å². The van der Waals surface area contributed by atoms with Crippen molar-refractivity contribution in [3.05, 3.63) is 17.0 Å². The first-order valence-electron chi connectivity index (χ1n) is 8.39. The smallest absolute Gasteiger partial charge is 0.274 e. The monoisotopic (exact) mass is 304 g/mol. The fourth-order valence-electron chi connectivity index (χ4n) is 3.96. The molecule has 0 unspecified atom stereocenters. The second-order valence-electron chi connectivity index (χ2n) is 6.86. The maximum absolute atomic E-state index is 12.7. The summed E-state index contributed by atoms with van der Waals surface area (Å²) in [5, 5.41) is 7.31. The summed E-state index contributed by atoms with van der Waals surface area (Å²) in [4.78, 5) is 17.2. The summed E-state index contributed by atoms with van der Waals surface area (Å²) in [5.41, 5.74) is 2.64. The topological polar surface area (TPSA) is 61.5 Å². The zero-order valence-electron chi connectivity index (χ0n) is 13.3. The quantitative estimate of drug-likeness (QED) is 0.896. The molecule has 6 nitrogen and oxygen atoms in total. The number of likely N-dealkylation sites (tertiary alicyclic amines) is 2. The predicted octanol–water partition coefficient (Wildman–Crippen LogP) is 1.35. The lowest BCUT2D eigenvalue weighted by atomic mass is 9.98. The van der Waals surface area contributed by atoms with Gasteiger partial charge < -0.3 is 9.64 Å². The molecule has 0 saturated carbocycles. The molecule has 0 radical (unpaired) electrons. The van der Waals surface area contributed by atoms with Crippen molar-refractivity contribution in [2.75, 3.05) is 26.2 Å². The minimum atomic E-state index is -0.0125. The maximum atomic E-state index is 12.7. The van der Waals surface area contributed by atoms with E-state index in [1.54, 1.807) is 0 Å². The molecular weight excluding hydrogens is 280 g/mol. The van der Waals surface area contributed by atoms with Crippen LogP contribution in [0.3, 0.4) is 0 Å². The van der Waals surface area contributed by atoms with Crippen LogP contribution < -0.4 is 0 Å². The Hall–Kier alpha value is -1.40. The first kappa shape index (κ1) is 14.2. The molecule has 1 aromatic rings. The molecule has 0 spiro atoms. The summed E-state index contributed by atoms with van der Waals surface area (Å²) < 4.78 is 5.79. The molecule has 0 aromatic carbocycles. The molecule has 0 aliphatic carbocycles. The molecule has 120 valence electrons. The van der Waals surface area contributed by atoms with E-state index in [2.05, 4.69) is 15.1 Å². The molecule has 1 aromatic heterocycles. The number of hydrogen-bond donors (Lipinski definition) is 1. The van der Waals surface area contributed by atoms with E-state index in [0.717, 1.165) is 30.8 Å². The Morgan fingerprint density at radius 1 is 1.27 bits per heavy atom. The Labute approximate surface area is 130 Å². The van der Waals surface area contributed by atoms with Gasteiger partial charge in [0.1, 0.15) is 0 Å². The Balaban J connectivity index is 1.46. The highest BCUT2D eigenvalue weighted by Gasteiger charge is 2.39. The molecule has 4 heterocycles. The average molecular weight is 304 g/mol. The normalized spacial score (nSPS) is 29.5. The second-order valence-corrected chi connectivity index (χ2v) is 6.86. The van der Waals surface area contributed by atoms with Gasteiger partial charge in [-0.3, -0.25) is 14.8 Å². The van der Waals surface area contributed by atoms with Crippen LogP contribution in [0, 0.1) is 0 Å². The van der Waals surface area contributed by atoms with E-state index in [0.29, 0.717) is 11.7 Å². The van der Waals surface area contributed by atoms with Gasteiger partial charge in [-0.2, -0.15) is 5.10 Å². The van der Waals surface area contributed by atoms with Gasteiger partial charge in [-0.1, -0.05) is 0 Å². The lowest BCUT2D eigenvalue weighted by Crippen LogP contribution is -2.60. The summed E-state index contributed by atoms with van der Waals surface area (Å²) in [6, 6.07) is 0.558. The standard InChI is InChI=1S/C16H24N4O2/c1-10-7-13-14(11(2)22-10)17-18-15(13)16(21)20-8-12(9-20)19-5-3-4-6-19/h10-12H,3-9H2,1-2H3,(H,17,18)/t10-,11+/m1/s1. The zero-order chi connectivity index (χ0) is 15.3. The number of H-pyrrole nitrogens is 1. The van der Waals surface area contributed by atoms with Crippen LogP contribution in [0.15, 0.2) is 0 Å². The lowest BCUT2D eigenvalue weighted by molar-refractivity contribution is -0.00715. The van der Waals surface area contributed by atoms with Crippen molar-refractivity contribution in [3.63, 3.8) is 0 Å². The molecule has 2 fully saturated rings. The lowest BCUT2D eigenvalue weighted by Gasteiger charge is -2.43. The van der Waals surface area contributed by atoms with Crippen molar-refractivity contribution in [2.45, 2.75) is 51.4 Å². The average Bonchev–Trinajstić information content (AvgIpc) is 3.05. The molecule has 22 heavy (non-hydrogen) atoms. The summed E-state index contributed by atoms with van der Waals surface area (Å²) in [6.45, 7) is 8.14. The highest BCUT2D eigenvalue weighted by Crippen LogP contribution is 2.31. The van der Waals surface area contributed by atoms with Crippen molar-refractivity contribution in [1.82, 2.24) is 20.0 Å². The van der Waals surface area contributed by atoms with Gasteiger partial charge in [0, 0.05) is 31.1 Å². The number of amides is 1. The summed E-state index contributed by atoms with van der Waals surface area (Å²) in [5.74, 6) is 0.0780. The number of nitrogens with zero attached hydrogens (tertiary/aromatic N) is 3. The molecule has 2 atom stereocenters. The van der Waals surface area contributed by atoms with Gasteiger partial charge >= 0.3 is 0 Å². The van der Waals surface area contributed by atoms with E-state index in [4.69, 9.17) is 4.74 Å². The molecule has 1 N–H and O–H groups in total. The van der Waals surface area contributed by atoms with E-state index in [9.17, 15) is 4.79 Å². The van der Waals surface area contributed by atoms with Gasteiger partial charge in [-0.05, 0) is 39.8 Å². The van der Waals surface area contributed by atoms with Crippen molar-refractivity contribution in [1.29, 1.82) is 0 Å². The minimum Gasteiger partial charge on any atom is -0.369 e. The molecule has 1 amide bonds. The third-order valence-corrected chi connectivity index (χ3v) is 5.24. The second kappa shape index (κ2) is 5.35. The summed E-state index contributed by atoms with van der Waals surface area (Å²) >= 11 is 0. The zero-order valence-corrected chi connectivity index (χ0v) is 13.3. The number of ether oxygens (including phenoxy) is 1. The molecule has 0 bridgehead atoms. The van der Waals surface area contributed by atoms with Gasteiger partial charge in [0.05, 0.1) is 17.9 Å². The fourth-order valence-corrected chi connectivity index (χ4v) is 3.96. The number of fused-ring (bicyclic) bond motifs is 1. The molecule has 3 aliphatic heterocycles. The third-order valence-electron chi connectivity index (χ3n) is 5.24. The number of aromatic amines is 1. The number of aromatic nitrogens is 2. The van der Waals surface area contributed by atoms with Crippen LogP contribution >= 0.6 is 0 Å². The van der Waals surface area contributed by atoms with Gasteiger partial charge in [0.15, 0.2) is 5.69 Å². The number of rotatable bonds is 2. The van der Waals surface area contributed by atoms with Gasteiger partial charge in [0.2, 0.25) is 0 Å². The van der Waals surface area contributed by atoms with Crippen LogP contribution in [0.5, 0.6) is 0 Å². The van der Waals surface area contributed by atoms with Crippen molar-refractivity contribution >= 4 is 5.91 Å². The Bertz CT molecular complexity index is 573. The van der Waals surface area contributed by atoms with Gasteiger partial charge in [-0.25, -0.2) is 0 Å². The van der Waals surface area contributed by atoms with Crippen molar-refractivity contribution < 1.29 is 9.53 Å². The van der Waals surface area contributed by atoms with Gasteiger partial charge in [-0.15, -0.1) is 0 Å². The predicted molar refractivity (Wildman–Crippen MR) is 81.8 cm³/mol. The van der Waals surface area contributed by atoms with E-state index >= 15 is 0 Å². The van der Waals surface area contributed by atoms with Crippen LogP contribution in [-0.4, -0.2) is 64.2 Å². The van der Waals surface area contributed by atoms with Crippen LogP contribution in [-0.2, 0) is 11.2 Å². The number of hydrogen-bond acceptors (Lipinski definition) is 4.